The first-order valence-electron chi connectivity index (χ1n) is 0. The van der Waals surface area contributed by atoms with E-state index in [1.54, 1.807) is 0 Å². The Hall–Kier alpha value is 1.10. The minimum atomic E-state index is 0. The van der Waals surface area contributed by atoms with Crippen LogP contribution >= 0.6 is 0 Å². The van der Waals surface area contributed by atoms with E-state index in [1.165, 1.54) is 0 Å². The van der Waals surface area contributed by atoms with E-state index in [4.69, 9.17) is 0 Å². The van der Waals surface area contributed by atoms with Crippen molar-refractivity contribution < 1.29 is 61.4 Å². The van der Waals surface area contributed by atoms with Crippen molar-refractivity contribution in [1.82, 2.24) is 0 Å². The van der Waals surface area contributed by atoms with Crippen LogP contribution in [0.5, 0.6) is 0 Å². The van der Waals surface area contributed by atoms with Gasteiger partial charge in [0.2, 0.25) is 0 Å². The summed E-state index contributed by atoms with van der Waals surface area (Å²) in [6.07, 6.45) is 0. The smallest absolute Gasteiger partial charge is 2.00 e. The van der Waals surface area contributed by atoms with Crippen molar-refractivity contribution in [3.63, 3.8) is 0 Å². The minimum absolute atomic E-state index is 0. The molecule has 0 aliphatic carbocycles. The van der Waals surface area contributed by atoms with E-state index in [0.29, 0.717) is 0 Å². The summed E-state index contributed by atoms with van der Waals surface area (Å²) in [6, 6.07) is 0. The molecule has 0 spiro atoms. The summed E-state index contributed by atoms with van der Waals surface area (Å²) in [5, 5.41) is 0. The number of hydrogen-bond acceptors (Lipinski definition) is 0. The van der Waals surface area contributed by atoms with Crippen molar-refractivity contribution in [1.29, 1.82) is 0 Å². The van der Waals surface area contributed by atoms with Gasteiger partial charge in [0.05, 0.1) is 0 Å². The maximum atomic E-state index is 0. The molecule has 0 amide bonds. The van der Waals surface area contributed by atoms with Gasteiger partial charge in [0, 0.05) is 0 Å². The van der Waals surface area contributed by atoms with Crippen molar-refractivity contribution in [3.8, 4) is 0 Å². The standard InChI is InChI=1S/Fe.4O.Ta/q+3;4*-2;+5. The van der Waals surface area contributed by atoms with E-state index < -0.39 is 0 Å². The molecule has 6 heavy (non-hydrogen) atoms. The summed E-state index contributed by atoms with van der Waals surface area (Å²) in [7, 11) is 0. The maximum absolute atomic E-state index is 0. The van der Waals surface area contributed by atoms with Gasteiger partial charge in [0.15, 0.2) is 0 Å². The normalized spacial score (nSPS) is 0. The molecule has 37 valence electrons. The summed E-state index contributed by atoms with van der Waals surface area (Å²) in [6.45, 7) is 0. The molecule has 0 aromatic carbocycles. The van der Waals surface area contributed by atoms with Gasteiger partial charge in [0.1, 0.15) is 0 Å². The van der Waals surface area contributed by atoms with Gasteiger partial charge in [-0.05, 0) is 0 Å². The van der Waals surface area contributed by atoms with Gasteiger partial charge in [-0.1, -0.05) is 0 Å². The Kier molecular flexibility index (Phi) is 4770. The predicted octanol–water partition coefficient (Wildman–Crippen LogP) is -0.480. The fourth-order valence-corrected chi connectivity index (χ4v) is 0. The molecule has 0 N–H and O–H groups in total. The monoisotopic (exact) mass is 301 g/mol. The Morgan fingerprint density at radius 3 is 0.500 bits per heavy atom. The molecule has 1 radical (unpaired) electrons. The van der Waals surface area contributed by atoms with Gasteiger partial charge in [-0.15, -0.1) is 0 Å². The van der Waals surface area contributed by atoms with E-state index in [9.17, 15) is 0 Å². The van der Waals surface area contributed by atoms with Crippen LogP contribution in [-0.2, 0) is 61.4 Å². The summed E-state index contributed by atoms with van der Waals surface area (Å²) >= 11 is 0. The van der Waals surface area contributed by atoms with Crippen LogP contribution in [0, 0.1) is 0 Å². The van der Waals surface area contributed by atoms with Crippen LogP contribution in [-0.4, -0.2) is 0 Å². The van der Waals surface area contributed by atoms with Crippen molar-refractivity contribution in [3.05, 3.63) is 0 Å². The third-order valence-electron chi connectivity index (χ3n) is 0. The molecule has 4 nitrogen and oxygen atoms in total. The summed E-state index contributed by atoms with van der Waals surface area (Å²) in [5.41, 5.74) is 0. The van der Waals surface area contributed by atoms with Gasteiger partial charge in [-0.2, -0.15) is 0 Å². The van der Waals surface area contributed by atoms with Crippen LogP contribution in [0.4, 0.5) is 0 Å². The molecule has 0 saturated heterocycles. The van der Waals surface area contributed by atoms with Crippen LogP contribution in [0.1, 0.15) is 0 Å². The molecule has 6 heteroatoms. The summed E-state index contributed by atoms with van der Waals surface area (Å²) in [4.78, 5) is 0. The van der Waals surface area contributed by atoms with Gasteiger partial charge in [-0.25, -0.2) is 0 Å². The molecule has 0 bridgehead atoms. The summed E-state index contributed by atoms with van der Waals surface area (Å²) < 4.78 is 0. The molecule has 0 saturated carbocycles. The van der Waals surface area contributed by atoms with Crippen molar-refractivity contribution in [2.24, 2.45) is 0 Å². The first-order chi connectivity index (χ1) is 0. The van der Waals surface area contributed by atoms with Gasteiger partial charge < -0.3 is 21.9 Å². The van der Waals surface area contributed by atoms with Gasteiger partial charge >= 0.3 is 39.4 Å². The molecular weight excluding hydrogens is 301 g/mol. The SMILES string of the molecule is [Fe+3].[O-2].[O-2].[O-2].[O-2].[Ta+5]. The molecule has 0 atom stereocenters. The van der Waals surface area contributed by atoms with E-state index >= 15 is 0 Å². The molecule has 0 aromatic heterocycles. The molecule has 0 heterocycles. The zero-order valence-electron chi connectivity index (χ0n) is 2.43. The first-order valence-corrected chi connectivity index (χ1v) is 0. The predicted molar refractivity (Wildman–Crippen MR) is 2.75 cm³/mol. The third-order valence-corrected chi connectivity index (χ3v) is 0. The Morgan fingerprint density at radius 1 is 0.500 bits per heavy atom. The average Bonchev–Trinajstić information content (AvgIpc) is 0. The molecule has 0 unspecified atom stereocenters. The fraction of sp³-hybridized carbons (Fsp3) is 0. The Labute approximate surface area is 61.5 Å². The Bertz CT molecular complexity index is 7.51. The number of hydrogen-bond donors (Lipinski definition) is 0. The summed E-state index contributed by atoms with van der Waals surface area (Å²) in [5.74, 6) is 0. The van der Waals surface area contributed by atoms with Gasteiger partial charge in [-0.3, -0.25) is 0 Å². The molecule has 0 aliphatic heterocycles. The second kappa shape index (κ2) is 131. The Morgan fingerprint density at radius 2 is 0.500 bits per heavy atom. The van der Waals surface area contributed by atoms with E-state index in [-0.39, 0.29) is 61.4 Å². The first kappa shape index (κ1) is 218. The van der Waals surface area contributed by atoms with Crippen molar-refractivity contribution in [2.75, 3.05) is 0 Å². The van der Waals surface area contributed by atoms with E-state index in [0.717, 1.165) is 0 Å². The molecule has 0 aliphatic rings. The molecule has 0 fully saturated rings. The zero-order valence-corrected chi connectivity index (χ0v) is 6.75. The minimum Gasteiger partial charge on any atom is -2.00 e. The average molecular weight is 301 g/mol. The third kappa shape index (κ3) is 70.9. The van der Waals surface area contributed by atoms with Gasteiger partial charge in [0.25, 0.3) is 0 Å². The zero-order chi connectivity index (χ0) is 0. The van der Waals surface area contributed by atoms with Crippen LogP contribution in [0.3, 0.4) is 0 Å². The number of rotatable bonds is 0. The van der Waals surface area contributed by atoms with Crippen molar-refractivity contribution >= 4 is 0 Å². The van der Waals surface area contributed by atoms with Crippen LogP contribution < -0.4 is 0 Å². The molecule has 0 rings (SSSR count). The Balaban J connectivity index is 0. The van der Waals surface area contributed by atoms with Crippen molar-refractivity contribution in [2.45, 2.75) is 0 Å². The topological polar surface area (TPSA) is 114 Å². The van der Waals surface area contributed by atoms with E-state index in [2.05, 4.69) is 0 Å². The molecular formula is FeO4Ta. The van der Waals surface area contributed by atoms with E-state index in [1.807, 2.05) is 0 Å². The van der Waals surface area contributed by atoms with Crippen LogP contribution in [0.15, 0.2) is 0 Å². The fourth-order valence-electron chi connectivity index (χ4n) is 0. The maximum Gasteiger partial charge on any atom is 5.00 e. The molecule has 0 aromatic rings. The second-order valence-electron chi connectivity index (χ2n) is 0. The van der Waals surface area contributed by atoms with Crippen LogP contribution in [0.2, 0.25) is 0 Å². The second-order valence-corrected chi connectivity index (χ2v) is 0. The van der Waals surface area contributed by atoms with Crippen LogP contribution in [0.25, 0.3) is 0 Å². The quantitative estimate of drug-likeness (QED) is 0.538. The largest absolute Gasteiger partial charge is 5.00 e.